The van der Waals surface area contributed by atoms with E-state index in [1.165, 1.54) is 6.07 Å². The number of benzene rings is 1. The van der Waals surface area contributed by atoms with E-state index in [-0.39, 0.29) is 22.5 Å². The van der Waals surface area contributed by atoms with E-state index in [0.717, 1.165) is 0 Å². The molecule has 0 saturated carbocycles. The van der Waals surface area contributed by atoms with Gasteiger partial charge in [-0.3, -0.25) is 4.79 Å². The molecule has 0 aliphatic rings. The number of rotatable bonds is 3. The Kier molecular flexibility index (Phi) is 4.47. The molecule has 0 fully saturated rings. The maximum absolute atomic E-state index is 13.2. The van der Waals surface area contributed by atoms with Gasteiger partial charge in [0.2, 0.25) is 5.91 Å². The quantitative estimate of drug-likeness (QED) is 0.847. The summed E-state index contributed by atoms with van der Waals surface area (Å²) in [5.74, 6) is -0.276. The smallest absolute Gasteiger partial charge is 0.238 e. The largest absolute Gasteiger partial charge is 0.325 e. The molecule has 0 radical (unpaired) electrons. The van der Waals surface area contributed by atoms with E-state index in [0.29, 0.717) is 11.3 Å². The number of amides is 1. The molecule has 4 heteroatoms. The van der Waals surface area contributed by atoms with Crippen LogP contribution in [-0.4, -0.2) is 10.7 Å². The van der Waals surface area contributed by atoms with Crippen molar-refractivity contribution in [3.63, 3.8) is 0 Å². The molecule has 16 heavy (non-hydrogen) atoms. The number of hydrogen-bond donors (Lipinski definition) is 1. The standard InChI is InChI=1S/C12H15BrFNO/c1-7(2)11(13)12(16)15-9-5-4-8(3)10(14)6-9/h4-7,11H,1-3H3,(H,15,16). The van der Waals surface area contributed by atoms with E-state index < -0.39 is 0 Å². The molecule has 2 nitrogen and oxygen atoms in total. The minimum atomic E-state index is -0.312. The Bertz CT molecular complexity index is 393. The molecule has 1 N–H and O–H groups in total. The number of anilines is 1. The minimum absolute atomic E-state index is 0.154. The number of carbonyl (C=O) groups excluding carboxylic acids is 1. The maximum Gasteiger partial charge on any atom is 0.238 e. The lowest BCUT2D eigenvalue weighted by molar-refractivity contribution is -0.116. The number of nitrogens with one attached hydrogen (secondary N) is 1. The third kappa shape index (κ3) is 3.30. The monoisotopic (exact) mass is 287 g/mol. The van der Waals surface area contributed by atoms with Gasteiger partial charge >= 0.3 is 0 Å². The fraction of sp³-hybridized carbons (Fsp3) is 0.417. The molecule has 0 bridgehead atoms. The molecule has 1 aromatic carbocycles. The predicted octanol–water partition coefficient (Wildman–Crippen LogP) is 3.49. The Hall–Kier alpha value is -0.900. The average molecular weight is 288 g/mol. The lowest BCUT2D eigenvalue weighted by atomic mass is 10.1. The molecule has 0 aliphatic heterocycles. The molecular formula is C12H15BrFNO. The summed E-state index contributed by atoms with van der Waals surface area (Å²) in [6.45, 7) is 5.56. The van der Waals surface area contributed by atoms with Crippen molar-refractivity contribution >= 4 is 27.5 Å². The van der Waals surface area contributed by atoms with Gasteiger partial charge in [-0.15, -0.1) is 0 Å². The van der Waals surface area contributed by atoms with E-state index in [4.69, 9.17) is 0 Å². The third-order valence-corrected chi connectivity index (χ3v) is 3.75. The Balaban J connectivity index is 2.74. The highest BCUT2D eigenvalue weighted by Gasteiger charge is 2.18. The van der Waals surface area contributed by atoms with E-state index in [1.807, 2.05) is 13.8 Å². The van der Waals surface area contributed by atoms with E-state index in [1.54, 1.807) is 19.1 Å². The van der Waals surface area contributed by atoms with Crippen LogP contribution in [0.4, 0.5) is 10.1 Å². The molecule has 0 heterocycles. The molecule has 0 spiro atoms. The number of aryl methyl sites for hydroxylation is 1. The summed E-state index contributed by atoms with van der Waals surface area (Å²) in [6, 6.07) is 4.66. The molecule has 1 rings (SSSR count). The van der Waals surface area contributed by atoms with Gasteiger partial charge in [-0.25, -0.2) is 4.39 Å². The van der Waals surface area contributed by atoms with Crippen molar-refractivity contribution in [3.8, 4) is 0 Å². The van der Waals surface area contributed by atoms with Gasteiger partial charge in [0, 0.05) is 5.69 Å². The predicted molar refractivity (Wildman–Crippen MR) is 67.3 cm³/mol. The van der Waals surface area contributed by atoms with Crippen LogP contribution in [0.15, 0.2) is 18.2 Å². The minimum Gasteiger partial charge on any atom is -0.325 e. The van der Waals surface area contributed by atoms with Crippen LogP contribution >= 0.6 is 15.9 Å². The van der Waals surface area contributed by atoms with Gasteiger partial charge in [0.25, 0.3) is 0 Å². The van der Waals surface area contributed by atoms with Crippen molar-refractivity contribution in [2.24, 2.45) is 5.92 Å². The fourth-order valence-electron chi connectivity index (χ4n) is 1.18. The fourth-order valence-corrected chi connectivity index (χ4v) is 1.30. The Morgan fingerprint density at radius 3 is 2.56 bits per heavy atom. The summed E-state index contributed by atoms with van der Waals surface area (Å²) >= 11 is 3.29. The van der Waals surface area contributed by atoms with E-state index in [9.17, 15) is 9.18 Å². The number of halogens is 2. The molecule has 1 unspecified atom stereocenters. The van der Waals surface area contributed by atoms with Gasteiger partial charge in [0.15, 0.2) is 0 Å². The first-order valence-electron chi connectivity index (χ1n) is 5.13. The molecule has 1 atom stereocenters. The SMILES string of the molecule is Cc1ccc(NC(=O)C(Br)C(C)C)cc1F. The highest BCUT2D eigenvalue weighted by Crippen LogP contribution is 2.17. The first-order chi connectivity index (χ1) is 7.41. The second kappa shape index (κ2) is 5.43. The highest BCUT2D eigenvalue weighted by molar-refractivity contribution is 9.10. The van der Waals surface area contributed by atoms with E-state index >= 15 is 0 Å². The summed E-state index contributed by atoms with van der Waals surface area (Å²) in [7, 11) is 0. The third-order valence-electron chi connectivity index (χ3n) is 2.28. The zero-order valence-electron chi connectivity index (χ0n) is 9.55. The first-order valence-corrected chi connectivity index (χ1v) is 6.04. The number of alkyl halides is 1. The number of hydrogen-bond acceptors (Lipinski definition) is 1. The Labute approximate surface area is 103 Å². The summed E-state index contributed by atoms with van der Waals surface area (Å²) in [6.07, 6.45) is 0. The van der Waals surface area contributed by atoms with Crippen molar-refractivity contribution in [1.29, 1.82) is 0 Å². The van der Waals surface area contributed by atoms with Gasteiger partial charge in [0.1, 0.15) is 5.82 Å². The van der Waals surface area contributed by atoms with Crippen molar-refractivity contribution in [1.82, 2.24) is 0 Å². The lowest BCUT2D eigenvalue weighted by Crippen LogP contribution is -2.27. The summed E-state index contributed by atoms with van der Waals surface area (Å²) in [5.41, 5.74) is 1.05. The normalized spacial score (nSPS) is 12.6. The first kappa shape index (κ1) is 13.2. The molecule has 0 saturated heterocycles. The van der Waals surface area contributed by atoms with Crippen LogP contribution in [-0.2, 0) is 4.79 Å². The van der Waals surface area contributed by atoms with Crippen molar-refractivity contribution in [2.45, 2.75) is 25.6 Å². The highest BCUT2D eigenvalue weighted by atomic mass is 79.9. The maximum atomic E-state index is 13.2. The van der Waals surface area contributed by atoms with Gasteiger partial charge in [0.05, 0.1) is 4.83 Å². The zero-order chi connectivity index (χ0) is 12.3. The molecule has 1 aromatic rings. The van der Waals surface area contributed by atoms with Gasteiger partial charge in [-0.1, -0.05) is 35.8 Å². The molecule has 88 valence electrons. The second-order valence-electron chi connectivity index (χ2n) is 4.10. The topological polar surface area (TPSA) is 29.1 Å². The molecule has 0 aromatic heterocycles. The van der Waals surface area contributed by atoms with Crippen LogP contribution in [0.5, 0.6) is 0 Å². The van der Waals surface area contributed by atoms with Gasteiger partial charge in [-0.05, 0) is 30.5 Å². The zero-order valence-corrected chi connectivity index (χ0v) is 11.1. The molecule has 1 amide bonds. The summed E-state index contributed by atoms with van der Waals surface area (Å²) in [4.78, 5) is 11.4. The summed E-state index contributed by atoms with van der Waals surface area (Å²) < 4.78 is 13.2. The van der Waals surface area contributed by atoms with Crippen LogP contribution in [0.25, 0.3) is 0 Å². The van der Waals surface area contributed by atoms with Crippen molar-refractivity contribution < 1.29 is 9.18 Å². The second-order valence-corrected chi connectivity index (χ2v) is 5.09. The average Bonchev–Trinajstić information content (AvgIpc) is 2.22. The Morgan fingerprint density at radius 2 is 2.06 bits per heavy atom. The molecular weight excluding hydrogens is 273 g/mol. The van der Waals surface area contributed by atoms with Crippen molar-refractivity contribution in [3.05, 3.63) is 29.6 Å². The van der Waals surface area contributed by atoms with E-state index in [2.05, 4.69) is 21.2 Å². The van der Waals surface area contributed by atoms with Gasteiger partial charge in [-0.2, -0.15) is 0 Å². The van der Waals surface area contributed by atoms with Crippen LogP contribution < -0.4 is 5.32 Å². The number of carbonyl (C=O) groups is 1. The van der Waals surface area contributed by atoms with Crippen LogP contribution in [0.2, 0.25) is 0 Å². The van der Waals surface area contributed by atoms with Crippen molar-refractivity contribution in [2.75, 3.05) is 5.32 Å². The van der Waals surface area contributed by atoms with Crippen LogP contribution in [0.3, 0.4) is 0 Å². The summed E-state index contributed by atoms with van der Waals surface area (Å²) in [5, 5.41) is 2.67. The van der Waals surface area contributed by atoms with Gasteiger partial charge < -0.3 is 5.32 Å². The van der Waals surface area contributed by atoms with Crippen LogP contribution in [0, 0.1) is 18.7 Å². The molecule has 0 aliphatic carbocycles. The van der Waals surface area contributed by atoms with Crippen LogP contribution in [0.1, 0.15) is 19.4 Å². The lowest BCUT2D eigenvalue weighted by Gasteiger charge is -2.14. The Morgan fingerprint density at radius 1 is 1.44 bits per heavy atom.